The van der Waals surface area contributed by atoms with Crippen molar-refractivity contribution in [2.45, 2.75) is 8.86 Å². The standard InChI is InChI=1S/2CH3.Hg.H2S/h2*1H3;;1H2/q;;+1;/p-1. The molecule has 0 aliphatic carbocycles. The van der Waals surface area contributed by atoms with E-state index in [1.807, 2.05) is 0 Å². The molecule has 2 heteroatoms. The molecule has 0 nitrogen and oxygen atoms in total. The van der Waals surface area contributed by atoms with Crippen molar-refractivity contribution in [2.24, 2.45) is 0 Å². The van der Waals surface area contributed by atoms with Gasteiger partial charge >= 0.3 is 39.5 Å². The van der Waals surface area contributed by atoms with Gasteiger partial charge in [0.1, 0.15) is 0 Å². The van der Waals surface area contributed by atoms with Crippen LogP contribution in [0.3, 0.4) is 0 Å². The fraction of sp³-hybridized carbons (Fsp3) is 1.00. The molecule has 0 amide bonds. The molecule has 4 heavy (non-hydrogen) atoms. The molecule has 0 fully saturated rings. The molecule has 0 saturated heterocycles. The molecule has 0 unspecified atom stereocenters. The van der Waals surface area contributed by atoms with Gasteiger partial charge in [0.25, 0.3) is 0 Å². The van der Waals surface area contributed by atoms with E-state index in [0.717, 1.165) is 0 Å². The van der Waals surface area contributed by atoms with Crippen LogP contribution < -0.4 is 0 Å². The maximum atomic E-state index is 4.20. The van der Waals surface area contributed by atoms with E-state index in [4.69, 9.17) is 0 Å². The Bertz CT molecular complexity index is 10.8. The normalized spacial score (nSPS) is 6.75. The number of thiol groups is 1. The van der Waals surface area contributed by atoms with Crippen molar-refractivity contribution in [1.29, 1.82) is 0 Å². The number of hydrogen-bond acceptors (Lipinski definition) is 1. The van der Waals surface area contributed by atoms with E-state index in [9.17, 15) is 0 Å². The van der Waals surface area contributed by atoms with Gasteiger partial charge < -0.3 is 0 Å². The van der Waals surface area contributed by atoms with Crippen LogP contribution in [0.4, 0.5) is 0 Å². The van der Waals surface area contributed by atoms with Gasteiger partial charge in [-0.1, -0.05) is 0 Å². The number of hydrogen-bond donors (Lipinski definition) is 1. The van der Waals surface area contributed by atoms with E-state index in [2.05, 4.69) is 18.0 Å². The van der Waals surface area contributed by atoms with Crippen LogP contribution in [0, 0.1) is 0 Å². The topological polar surface area (TPSA) is 0 Å². The van der Waals surface area contributed by atoms with Gasteiger partial charge in [-0.15, -0.1) is 0 Å². The minimum atomic E-state index is -1.09. The van der Waals surface area contributed by atoms with Gasteiger partial charge in [-0.2, -0.15) is 0 Å². The fourth-order valence-corrected chi connectivity index (χ4v) is 0. The SMILES string of the molecule is [CH3][Hg]([CH3])[SH]. The predicted octanol–water partition coefficient (Wildman–Crippen LogP) is 1.55. The van der Waals surface area contributed by atoms with Crippen LogP contribution in [0.5, 0.6) is 0 Å². The molecular weight excluding hydrogens is 257 g/mol. The van der Waals surface area contributed by atoms with Crippen LogP contribution in [0.15, 0.2) is 0 Å². The summed E-state index contributed by atoms with van der Waals surface area (Å²) >= 11 is -1.09. The van der Waals surface area contributed by atoms with Gasteiger partial charge in [0.05, 0.1) is 0 Å². The van der Waals surface area contributed by atoms with E-state index < -0.39 is 21.5 Å². The zero-order chi connectivity index (χ0) is 3.58. The molecule has 0 saturated carbocycles. The summed E-state index contributed by atoms with van der Waals surface area (Å²) in [5, 5.41) is 0. The molecular formula is C2H7HgS. The molecule has 0 aromatic heterocycles. The van der Waals surface area contributed by atoms with Crippen molar-refractivity contribution in [3.8, 4) is 0 Å². The van der Waals surface area contributed by atoms with Crippen LogP contribution >= 0.6 is 9.11 Å². The molecule has 0 atom stereocenters. The molecule has 0 aromatic rings. The van der Waals surface area contributed by atoms with E-state index in [0.29, 0.717) is 0 Å². The van der Waals surface area contributed by atoms with Crippen molar-refractivity contribution in [3.63, 3.8) is 0 Å². The Hall–Kier alpha value is 1.29. The molecule has 0 spiro atoms. The second kappa shape index (κ2) is 2.52. The molecule has 0 bridgehead atoms. The summed E-state index contributed by atoms with van der Waals surface area (Å²) in [7, 11) is 4.20. The van der Waals surface area contributed by atoms with Gasteiger partial charge in [-0.3, -0.25) is 0 Å². The Morgan fingerprint density at radius 1 is 1.50 bits per heavy atom. The summed E-state index contributed by atoms with van der Waals surface area (Å²) in [5.74, 6) is 0. The van der Waals surface area contributed by atoms with Crippen LogP contribution in [0.2, 0.25) is 8.86 Å². The first-order valence-electron chi connectivity index (χ1n) is 1.73. The van der Waals surface area contributed by atoms with Gasteiger partial charge in [0.15, 0.2) is 0 Å². The second-order valence-electron chi connectivity index (χ2n) is 1.34. The Morgan fingerprint density at radius 3 is 1.50 bits per heavy atom. The Morgan fingerprint density at radius 2 is 1.50 bits per heavy atom. The Labute approximate surface area is 39.4 Å². The average Bonchev–Trinajstić information content (AvgIpc) is 0.811. The van der Waals surface area contributed by atoms with Crippen LogP contribution in [0.1, 0.15) is 0 Å². The molecule has 0 radical (unpaired) electrons. The fourth-order valence-electron chi connectivity index (χ4n) is 0. The zero-order valence-electron chi connectivity index (χ0n) is 3.15. The zero-order valence-corrected chi connectivity index (χ0v) is 9.55. The van der Waals surface area contributed by atoms with Gasteiger partial charge in [-0.05, 0) is 0 Å². The summed E-state index contributed by atoms with van der Waals surface area (Å²) in [5.41, 5.74) is 0. The molecule has 0 heterocycles. The van der Waals surface area contributed by atoms with Gasteiger partial charge in [0, 0.05) is 0 Å². The molecule has 0 rings (SSSR count). The van der Waals surface area contributed by atoms with Crippen molar-refractivity contribution in [3.05, 3.63) is 0 Å². The van der Waals surface area contributed by atoms with E-state index in [-0.39, 0.29) is 0 Å². The van der Waals surface area contributed by atoms with Crippen molar-refractivity contribution in [1.82, 2.24) is 0 Å². The average molecular weight is 264 g/mol. The second-order valence-corrected chi connectivity index (χ2v) is 22.9. The van der Waals surface area contributed by atoms with E-state index >= 15 is 0 Å². The quantitative estimate of drug-likeness (QED) is 0.498. The summed E-state index contributed by atoms with van der Waals surface area (Å²) < 4.78 is 4.52. The van der Waals surface area contributed by atoms with Gasteiger partial charge in [-0.25, -0.2) is 0 Å². The van der Waals surface area contributed by atoms with Crippen LogP contribution in [-0.4, -0.2) is 0 Å². The Kier molecular flexibility index (Phi) is 3.33. The monoisotopic (exact) mass is 265 g/mol. The summed E-state index contributed by atoms with van der Waals surface area (Å²) in [4.78, 5) is 0. The van der Waals surface area contributed by atoms with Crippen molar-refractivity contribution < 1.29 is 21.5 Å². The van der Waals surface area contributed by atoms with Crippen LogP contribution in [0.25, 0.3) is 0 Å². The molecule has 0 N–H and O–H groups in total. The van der Waals surface area contributed by atoms with E-state index in [1.165, 1.54) is 0 Å². The first-order valence-corrected chi connectivity index (χ1v) is 20.7. The third-order valence-electron chi connectivity index (χ3n) is 0. The van der Waals surface area contributed by atoms with Crippen LogP contribution in [-0.2, 0) is 21.5 Å². The van der Waals surface area contributed by atoms with Crippen molar-refractivity contribution >= 4 is 9.11 Å². The minimum absolute atomic E-state index is 1.09. The first kappa shape index (κ1) is 5.29. The third-order valence-corrected chi connectivity index (χ3v) is 0. The predicted molar refractivity (Wildman–Crippen MR) is 20.7 cm³/mol. The summed E-state index contributed by atoms with van der Waals surface area (Å²) in [6.45, 7) is 0. The maximum absolute atomic E-state index is 4.20. The summed E-state index contributed by atoms with van der Waals surface area (Å²) in [6, 6.07) is 0. The van der Waals surface area contributed by atoms with Crippen molar-refractivity contribution in [2.75, 3.05) is 0 Å². The third kappa shape index (κ3) is 10.4. The molecule has 23 valence electrons. The molecule has 0 aliphatic heterocycles. The van der Waals surface area contributed by atoms with E-state index in [1.54, 1.807) is 0 Å². The number of rotatable bonds is 0. The van der Waals surface area contributed by atoms with Gasteiger partial charge in [0.2, 0.25) is 0 Å². The molecule has 0 aliphatic rings. The summed E-state index contributed by atoms with van der Waals surface area (Å²) in [6.07, 6.45) is 0. The Balaban J connectivity index is 2.32. The first-order chi connectivity index (χ1) is 1.73. The molecule has 0 aromatic carbocycles.